The second-order valence-electron chi connectivity index (χ2n) is 9.15. The molecule has 0 bridgehead atoms. The van der Waals surface area contributed by atoms with Crippen molar-refractivity contribution < 1.29 is 17.9 Å². The molecule has 0 saturated heterocycles. The Bertz CT molecular complexity index is 865. The highest BCUT2D eigenvalue weighted by atomic mass is 19.2. The van der Waals surface area contributed by atoms with Gasteiger partial charge in [0.15, 0.2) is 11.6 Å². The molecule has 4 heteroatoms. The molecule has 0 unspecified atom stereocenters. The van der Waals surface area contributed by atoms with Gasteiger partial charge in [-0.05, 0) is 92.0 Å². The van der Waals surface area contributed by atoms with E-state index in [9.17, 15) is 13.2 Å². The molecule has 2 saturated carbocycles. The predicted molar refractivity (Wildman–Crippen MR) is 114 cm³/mol. The van der Waals surface area contributed by atoms with Crippen LogP contribution in [0.5, 0.6) is 5.75 Å². The van der Waals surface area contributed by atoms with Crippen molar-refractivity contribution in [3.63, 3.8) is 0 Å². The Kier molecular flexibility index (Phi) is 6.70. The van der Waals surface area contributed by atoms with Crippen molar-refractivity contribution in [1.82, 2.24) is 0 Å². The lowest BCUT2D eigenvalue weighted by molar-refractivity contribution is 0.192. The van der Waals surface area contributed by atoms with Crippen LogP contribution in [0.15, 0.2) is 30.3 Å². The highest BCUT2D eigenvalue weighted by molar-refractivity contribution is 5.33. The van der Waals surface area contributed by atoms with E-state index in [1.807, 2.05) is 12.1 Å². The first-order valence-corrected chi connectivity index (χ1v) is 11.4. The van der Waals surface area contributed by atoms with Crippen molar-refractivity contribution >= 4 is 0 Å². The third-order valence-electron chi connectivity index (χ3n) is 7.11. The second kappa shape index (κ2) is 9.45. The van der Waals surface area contributed by atoms with Gasteiger partial charge in [0.2, 0.25) is 5.82 Å². The van der Waals surface area contributed by atoms with Crippen molar-refractivity contribution in [3.8, 4) is 5.75 Å². The van der Waals surface area contributed by atoms with Gasteiger partial charge in [-0.15, -0.1) is 0 Å². The number of rotatable bonds is 5. The molecule has 162 valence electrons. The van der Waals surface area contributed by atoms with Gasteiger partial charge in [-0.3, -0.25) is 0 Å². The smallest absolute Gasteiger partial charge is 0.200 e. The van der Waals surface area contributed by atoms with Crippen LogP contribution in [0.4, 0.5) is 13.2 Å². The number of hydrogen-bond donors (Lipinski definition) is 0. The third-order valence-corrected chi connectivity index (χ3v) is 7.11. The fourth-order valence-corrected chi connectivity index (χ4v) is 5.12. The summed E-state index contributed by atoms with van der Waals surface area (Å²) in [4.78, 5) is 0. The maximum absolute atomic E-state index is 14.6. The van der Waals surface area contributed by atoms with E-state index in [2.05, 4.69) is 0 Å². The lowest BCUT2D eigenvalue weighted by atomic mass is 9.79. The molecule has 0 atom stereocenters. The Morgan fingerprint density at radius 1 is 0.800 bits per heavy atom. The molecule has 30 heavy (non-hydrogen) atoms. The van der Waals surface area contributed by atoms with Gasteiger partial charge in [0.1, 0.15) is 5.82 Å². The normalized spacial score (nSPS) is 22.8. The SMILES string of the molecule is Cc1ccc(C2CCC(COc3ccc(C4CCCCC4)c(F)c3F)CC2)cc1F. The second-order valence-corrected chi connectivity index (χ2v) is 9.15. The topological polar surface area (TPSA) is 9.23 Å². The zero-order valence-electron chi connectivity index (χ0n) is 17.7. The number of hydrogen-bond acceptors (Lipinski definition) is 1. The molecule has 0 spiro atoms. The summed E-state index contributed by atoms with van der Waals surface area (Å²) in [7, 11) is 0. The number of aryl methyl sites for hydroxylation is 1. The van der Waals surface area contributed by atoms with Gasteiger partial charge < -0.3 is 4.74 Å². The van der Waals surface area contributed by atoms with Crippen LogP contribution in [0.1, 0.15) is 86.3 Å². The van der Waals surface area contributed by atoms with E-state index < -0.39 is 11.6 Å². The number of benzene rings is 2. The van der Waals surface area contributed by atoms with Crippen LogP contribution < -0.4 is 4.74 Å². The molecule has 0 N–H and O–H groups in total. The van der Waals surface area contributed by atoms with E-state index in [1.54, 1.807) is 25.1 Å². The van der Waals surface area contributed by atoms with Crippen LogP contribution in [0, 0.1) is 30.3 Å². The highest BCUT2D eigenvalue weighted by Crippen LogP contribution is 2.38. The van der Waals surface area contributed by atoms with Gasteiger partial charge in [0.05, 0.1) is 6.61 Å². The van der Waals surface area contributed by atoms with Crippen molar-refractivity contribution in [2.75, 3.05) is 6.61 Å². The number of halogens is 3. The van der Waals surface area contributed by atoms with Crippen LogP contribution in [0.25, 0.3) is 0 Å². The minimum Gasteiger partial charge on any atom is -0.490 e. The molecule has 0 aromatic heterocycles. The molecular weight excluding hydrogens is 385 g/mol. The molecule has 2 aromatic rings. The molecule has 2 fully saturated rings. The van der Waals surface area contributed by atoms with Crippen molar-refractivity contribution in [3.05, 3.63) is 64.5 Å². The zero-order chi connectivity index (χ0) is 21.1. The molecule has 0 radical (unpaired) electrons. The van der Waals surface area contributed by atoms with Gasteiger partial charge in [-0.1, -0.05) is 37.5 Å². The van der Waals surface area contributed by atoms with Crippen LogP contribution in [-0.2, 0) is 0 Å². The molecular formula is C26H31F3O. The Balaban J connectivity index is 1.32. The average molecular weight is 417 g/mol. The van der Waals surface area contributed by atoms with Crippen LogP contribution >= 0.6 is 0 Å². The maximum atomic E-state index is 14.6. The van der Waals surface area contributed by atoms with Gasteiger partial charge in [-0.2, -0.15) is 4.39 Å². The van der Waals surface area contributed by atoms with Gasteiger partial charge in [-0.25, -0.2) is 8.78 Å². The summed E-state index contributed by atoms with van der Waals surface area (Å²) in [5.74, 6) is -0.894. The monoisotopic (exact) mass is 416 g/mol. The molecule has 4 rings (SSSR count). The Morgan fingerprint density at radius 3 is 2.23 bits per heavy atom. The van der Waals surface area contributed by atoms with E-state index >= 15 is 0 Å². The lowest BCUT2D eigenvalue weighted by Gasteiger charge is -2.29. The van der Waals surface area contributed by atoms with E-state index in [1.165, 1.54) is 6.42 Å². The Labute approximate surface area is 177 Å². The van der Waals surface area contributed by atoms with Gasteiger partial charge >= 0.3 is 0 Å². The Hall–Kier alpha value is -1.97. The minimum atomic E-state index is -0.845. The fraction of sp³-hybridized carbons (Fsp3) is 0.538. The number of ether oxygens (including phenoxy) is 1. The van der Waals surface area contributed by atoms with E-state index in [4.69, 9.17) is 4.74 Å². The van der Waals surface area contributed by atoms with Crippen LogP contribution in [-0.4, -0.2) is 6.61 Å². The van der Waals surface area contributed by atoms with Crippen molar-refractivity contribution in [1.29, 1.82) is 0 Å². The summed E-state index contributed by atoms with van der Waals surface area (Å²) in [6.45, 7) is 2.17. The molecule has 1 nitrogen and oxygen atoms in total. The summed E-state index contributed by atoms with van der Waals surface area (Å²) in [5.41, 5.74) is 2.24. The maximum Gasteiger partial charge on any atom is 0.200 e. The predicted octanol–water partition coefficient (Wildman–Crippen LogP) is 7.81. The first kappa shape index (κ1) is 21.3. The molecule has 0 aliphatic heterocycles. The molecule has 0 amide bonds. The standard InChI is InChI=1S/C26H31F3O/c1-17-7-10-21(15-23(17)27)19-11-8-18(9-12-19)16-30-24-14-13-22(25(28)26(24)29)20-5-3-2-4-6-20/h7,10,13-15,18-20H,2-6,8-9,11-12,16H2,1H3. The summed E-state index contributed by atoms with van der Waals surface area (Å²) >= 11 is 0. The largest absolute Gasteiger partial charge is 0.490 e. The first-order valence-electron chi connectivity index (χ1n) is 11.4. The molecule has 2 aliphatic rings. The van der Waals surface area contributed by atoms with Gasteiger partial charge in [0.25, 0.3) is 0 Å². The fourth-order valence-electron chi connectivity index (χ4n) is 5.12. The summed E-state index contributed by atoms with van der Waals surface area (Å²) in [6, 6.07) is 8.83. The van der Waals surface area contributed by atoms with E-state index in [-0.39, 0.29) is 17.5 Å². The minimum absolute atomic E-state index is 0.0230. The van der Waals surface area contributed by atoms with E-state index in [0.29, 0.717) is 29.6 Å². The van der Waals surface area contributed by atoms with Crippen LogP contribution in [0.3, 0.4) is 0 Å². The van der Waals surface area contributed by atoms with Crippen LogP contribution in [0.2, 0.25) is 0 Å². The first-order chi connectivity index (χ1) is 14.5. The average Bonchev–Trinajstić information content (AvgIpc) is 2.78. The highest BCUT2D eigenvalue weighted by Gasteiger charge is 2.26. The summed E-state index contributed by atoms with van der Waals surface area (Å²) < 4.78 is 48.8. The van der Waals surface area contributed by atoms with Crippen molar-refractivity contribution in [2.24, 2.45) is 5.92 Å². The lowest BCUT2D eigenvalue weighted by Crippen LogP contribution is -2.20. The summed E-state index contributed by atoms with van der Waals surface area (Å²) in [6.07, 6.45) is 9.05. The summed E-state index contributed by atoms with van der Waals surface area (Å²) in [5, 5.41) is 0. The Morgan fingerprint density at radius 2 is 1.53 bits per heavy atom. The molecule has 0 heterocycles. The van der Waals surface area contributed by atoms with Crippen molar-refractivity contribution in [2.45, 2.75) is 76.5 Å². The van der Waals surface area contributed by atoms with Gasteiger partial charge in [0, 0.05) is 0 Å². The quantitative estimate of drug-likeness (QED) is 0.483. The molecule has 2 aliphatic carbocycles. The zero-order valence-corrected chi connectivity index (χ0v) is 17.7. The van der Waals surface area contributed by atoms with E-state index in [0.717, 1.165) is 56.9 Å². The molecule has 2 aromatic carbocycles. The third kappa shape index (κ3) is 4.68.